The third-order valence-electron chi connectivity index (χ3n) is 8.62. The van der Waals surface area contributed by atoms with Gasteiger partial charge < -0.3 is 15.5 Å². The second-order valence-electron chi connectivity index (χ2n) is 11.1. The maximum atomic E-state index is 13.6. The van der Waals surface area contributed by atoms with Gasteiger partial charge in [-0.2, -0.15) is 0 Å². The molecule has 1 aliphatic carbocycles. The van der Waals surface area contributed by atoms with Crippen LogP contribution in [-0.2, 0) is 17.6 Å². The number of carbonyl (C=O) groups excluding carboxylic acids is 2. The number of amides is 1. The number of anilines is 1. The van der Waals surface area contributed by atoms with E-state index in [-0.39, 0.29) is 17.6 Å². The number of likely N-dealkylation sites (tertiary alicyclic amines) is 1. The first-order valence-electron chi connectivity index (χ1n) is 14.2. The first kappa shape index (κ1) is 24.9. The molecule has 2 heterocycles. The summed E-state index contributed by atoms with van der Waals surface area (Å²) in [6, 6.07) is 26.1. The van der Waals surface area contributed by atoms with Gasteiger partial charge in [0.05, 0.1) is 0 Å². The van der Waals surface area contributed by atoms with Crippen LogP contribution in [0.1, 0.15) is 70.8 Å². The van der Waals surface area contributed by atoms with E-state index in [4.69, 9.17) is 0 Å². The summed E-state index contributed by atoms with van der Waals surface area (Å²) in [5, 5.41) is 7.29. The second kappa shape index (κ2) is 11.1. The minimum absolute atomic E-state index is 0.102. The Morgan fingerprint density at radius 1 is 0.895 bits per heavy atom. The standard InChI is InChI=1S/C33H37N3O2/c37-32(36-18-15-27(16-19-36)35-31-13-11-25-8-4-5-9-28(25)31)22-26-14-17-34-30-12-10-24(21-29(30)33(26)38)20-23-6-2-1-3-7-23/h1-10,12,21,26-27,31,34-35H,11,13-20,22H2/t26?,31-/m1/s1. The van der Waals surface area contributed by atoms with E-state index in [2.05, 4.69) is 53.1 Å². The topological polar surface area (TPSA) is 61.4 Å². The predicted molar refractivity (Wildman–Crippen MR) is 151 cm³/mol. The van der Waals surface area contributed by atoms with Gasteiger partial charge >= 0.3 is 0 Å². The van der Waals surface area contributed by atoms with Crippen LogP contribution in [0.3, 0.4) is 0 Å². The minimum Gasteiger partial charge on any atom is -0.384 e. The Morgan fingerprint density at radius 3 is 2.53 bits per heavy atom. The molecule has 3 aromatic carbocycles. The summed E-state index contributed by atoms with van der Waals surface area (Å²) in [4.78, 5) is 28.9. The quantitative estimate of drug-likeness (QED) is 0.459. The lowest BCUT2D eigenvalue weighted by Gasteiger charge is -2.34. The zero-order chi connectivity index (χ0) is 25.9. The predicted octanol–water partition coefficient (Wildman–Crippen LogP) is 5.55. The van der Waals surface area contributed by atoms with Gasteiger partial charge in [-0.15, -0.1) is 0 Å². The van der Waals surface area contributed by atoms with Gasteiger partial charge in [0, 0.05) is 55.3 Å². The van der Waals surface area contributed by atoms with Crippen LogP contribution in [0.5, 0.6) is 0 Å². The largest absolute Gasteiger partial charge is 0.384 e. The summed E-state index contributed by atoms with van der Waals surface area (Å²) in [7, 11) is 0. The SMILES string of the molecule is O=C1c2cc(Cc3ccccc3)ccc2NCCC1CC(=O)N1CCC(N[C@@H]2CCc3ccccc32)CC1. The number of benzene rings is 3. The number of hydrogen-bond donors (Lipinski definition) is 2. The Balaban J connectivity index is 1.05. The van der Waals surface area contributed by atoms with Crippen molar-refractivity contribution < 1.29 is 9.59 Å². The normalized spacial score (nSPS) is 21.4. The molecular formula is C33H37N3O2. The average molecular weight is 508 g/mol. The van der Waals surface area contributed by atoms with Crippen molar-refractivity contribution in [3.63, 3.8) is 0 Å². The van der Waals surface area contributed by atoms with Crippen molar-refractivity contribution in [3.8, 4) is 0 Å². The Bertz CT molecular complexity index is 1300. The van der Waals surface area contributed by atoms with E-state index in [1.165, 1.54) is 16.7 Å². The van der Waals surface area contributed by atoms with Crippen LogP contribution in [0.2, 0.25) is 0 Å². The van der Waals surface area contributed by atoms with Gasteiger partial charge in [0.25, 0.3) is 0 Å². The monoisotopic (exact) mass is 507 g/mol. The zero-order valence-electron chi connectivity index (χ0n) is 22.0. The smallest absolute Gasteiger partial charge is 0.223 e. The van der Waals surface area contributed by atoms with Crippen LogP contribution in [0.15, 0.2) is 72.8 Å². The van der Waals surface area contributed by atoms with E-state index in [0.717, 1.165) is 62.0 Å². The molecule has 38 heavy (non-hydrogen) atoms. The van der Waals surface area contributed by atoms with Crippen molar-refractivity contribution in [1.82, 2.24) is 10.2 Å². The number of fused-ring (bicyclic) bond motifs is 2. The van der Waals surface area contributed by atoms with Crippen LogP contribution in [0, 0.1) is 5.92 Å². The molecule has 2 atom stereocenters. The van der Waals surface area contributed by atoms with Crippen LogP contribution in [0.25, 0.3) is 0 Å². The maximum absolute atomic E-state index is 13.6. The van der Waals surface area contributed by atoms with E-state index < -0.39 is 0 Å². The van der Waals surface area contributed by atoms with Crippen molar-refractivity contribution in [2.45, 2.75) is 57.0 Å². The molecule has 6 rings (SSSR count). The number of ketones is 1. The lowest BCUT2D eigenvalue weighted by atomic mass is 9.90. The van der Waals surface area contributed by atoms with Crippen LogP contribution < -0.4 is 10.6 Å². The third-order valence-corrected chi connectivity index (χ3v) is 8.62. The third kappa shape index (κ3) is 5.39. The van der Waals surface area contributed by atoms with Gasteiger partial charge in [0.1, 0.15) is 0 Å². The van der Waals surface area contributed by atoms with Gasteiger partial charge in [-0.05, 0) is 72.9 Å². The molecule has 2 aliphatic heterocycles. The highest BCUT2D eigenvalue weighted by Crippen LogP contribution is 2.32. The molecule has 1 fully saturated rings. The van der Waals surface area contributed by atoms with E-state index in [0.29, 0.717) is 31.5 Å². The molecule has 1 unspecified atom stereocenters. The molecule has 5 heteroatoms. The molecule has 1 amide bonds. The summed E-state index contributed by atoms with van der Waals surface area (Å²) >= 11 is 0. The molecule has 3 aliphatic rings. The summed E-state index contributed by atoms with van der Waals surface area (Å²) in [6.45, 7) is 2.24. The van der Waals surface area contributed by atoms with Gasteiger partial charge in [-0.25, -0.2) is 0 Å². The number of nitrogens with one attached hydrogen (secondary N) is 2. The molecular weight excluding hydrogens is 470 g/mol. The first-order valence-corrected chi connectivity index (χ1v) is 14.2. The molecule has 1 saturated heterocycles. The number of Topliss-reactive ketones (excluding diaryl/α,β-unsaturated/α-hetero) is 1. The Kier molecular flexibility index (Phi) is 7.28. The van der Waals surface area contributed by atoms with Gasteiger partial charge in [0.2, 0.25) is 5.91 Å². The number of rotatable bonds is 6. The van der Waals surface area contributed by atoms with E-state index in [9.17, 15) is 9.59 Å². The highest BCUT2D eigenvalue weighted by atomic mass is 16.2. The fourth-order valence-corrected chi connectivity index (χ4v) is 6.47. The highest BCUT2D eigenvalue weighted by molar-refractivity contribution is 6.04. The van der Waals surface area contributed by atoms with Crippen LogP contribution in [0.4, 0.5) is 5.69 Å². The summed E-state index contributed by atoms with van der Waals surface area (Å²) < 4.78 is 0. The molecule has 5 nitrogen and oxygen atoms in total. The lowest BCUT2D eigenvalue weighted by molar-refractivity contribution is -0.133. The van der Waals surface area contributed by atoms with Gasteiger partial charge in [-0.3, -0.25) is 9.59 Å². The number of piperidine rings is 1. The van der Waals surface area contributed by atoms with Gasteiger partial charge in [0.15, 0.2) is 5.78 Å². The molecule has 2 N–H and O–H groups in total. The summed E-state index contributed by atoms with van der Waals surface area (Å²) in [6.07, 6.45) is 6.02. The maximum Gasteiger partial charge on any atom is 0.223 e. The van der Waals surface area contributed by atoms with E-state index >= 15 is 0 Å². The Morgan fingerprint density at radius 2 is 1.68 bits per heavy atom. The van der Waals surface area contributed by atoms with Crippen molar-refractivity contribution in [1.29, 1.82) is 0 Å². The first-order chi connectivity index (χ1) is 18.6. The fraction of sp³-hybridized carbons (Fsp3) is 0.394. The molecule has 3 aromatic rings. The molecule has 0 spiro atoms. The van der Waals surface area contributed by atoms with Crippen molar-refractivity contribution in [2.75, 3.05) is 25.0 Å². The van der Waals surface area contributed by atoms with Crippen molar-refractivity contribution in [2.24, 2.45) is 5.92 Å². The van der Waals surface area contributed by atoms with Crippen molar-refractivity contribution in [3.05, 3.63) is 101 Å². The Hall–Kier alpha value is -3.44. The number of aryl methyl sites for hydroxylation is 1. The zero-order valence-corrected chi connectivity index (χ0v) is 22.0. The summed E-state index contributed by atoms with van der Waals surface area (Å²) in [5.41, 5.74) is 6.88. The lowest BCUT2D eigenvalue weighted by Crippen LogP contribution is -2.46. The van der Waals surface area contributed by atoms with E-state index in [1.807, 2.05) is 35.2 Å². The van der Waals surface area contributed by atoms with Crippen molar-refractivity contribution >= 4 is 17.4 Å². The summed E-state index contributed by atoms with van der Waals surface area (Å²) in [5.74, 6) is -0.0457. The number of nitrogens with zero attached hydrogens (tertiary/aromatic N) is 1. The average Bonchev–Trinajstić information content (AvgIpc) is 3.29. The van der Waals surface area contributed by atoms with Gasteiger partial charge in [-0.1, -0.05) is 60.7 Å². The molecule has 0 aromatic heterocycles. The number of carbonyl (C=O) groups is 2. The molecule has 0 saturated carbocycles. The fourth-order valence-electron chi connectivity index (χ4n) is 6.47. The minimum atomic E-state index is -0.269. The molecule has 196 valence electrons. The Labute approximate surface area is 225 Å². The van der Waals surface area contributed by atoms with Crippen LogP contribution in [-0.4, -0.2) is 42.3 Å². The van der Waals surface area contributed by atoms with E-state index in [1.54, 1.807) is 0 Å². The van der Waals surface area contributed by atoms with Crippen LogP contribution >= 0.6 is 0 Å². The second-order valence-corrected chi connectivity index (χ2v) is 11.1. The number of hydrogen-bond acceptors (Lipinski definition) is 4. The highest BCUT2D eigenvalue weighted by Gasteiger charge is 2.32. The molecule has 0 bridgehead atoms. The molecule has 0 radical (unpaired) electrons.